The summed E-state index contributed by atoms with van der Waals surface area (Å²) >= 11 is 3.38. The van der Waals surface area contributed by atoms with E-state index in [2.05, 4.69) is 26.4 Å². The molecule has 6 heteroatoms. The van der Waals surface area contributed by atoms with Crippen LogP contribution < -0.4 is 15.8 Å². The van der Waals surface area contributed by atoms with Crippen LogP contribution in [0.1, 0.15) is 6.92 Å². The van der Waals surface area contributed by atoms with Gasteiger partial charge in [-0.2, -0.15) is 0 Å². The number of benzene rings is 1. The average Bonchev–Trinajstić information content (AvgIpc) is 2.28. The van der Waals surface area contributed by atoms with E-state index in [9.17, 15) is 0 Å². The van der Waals surface area contributed by atoms with Crippen molar-refractivity contribution in [3.8, 4) is 5.75 Å². The van der Waals surface area contributed by atoms with Crippen LogP contribution in [0, 0.1) is 0 Å². The van der Waals surface area contributed by atoms with Gasteiger partial charge in [0.1, 0.15) is 5.75 Å². The highest BCUT2D eigenvalue weighted by Gasteiger charge is 2.08. The lowest BCUT2D eigenvalue weighted by Crippen LogP contribution is -2.32. The van der Waals surface area contributed by atoms with Gasteiger partial charge in [0.25, 0.3) is 0 Å². The van der Waals surface area contributed by atoms with Gasteiger partial charge >= 0.3 is 0 Å². The minimum Gasteiger partial charge on any atom is -0.496 e. The maximum absolute atomic E-state index is 8.51. The van der Waals surface area contributed by atoms with Gasteiger partial charge in [0.2, 0.25) is 0 Å². The van der Waals surface area contributed by atoms with Gasteiger partial charge in [0.05, 0.1) is 17.6 Å². The molecule has 1 aromatic rings. The molecule has 4 N–H and O–H groups in total. The number of anilines is 1. The average molecular weight is 288 g/mol. The number of hydrogen-bond acceptors (Lipinski definition) is 4. The fourth-order valence-electron chi connectivity index (χ4n) is 1.17. The van der Waals surface area contributed by atoms with E-state index in [4.69, 9.17) is 15.7 Å². The Hall–Kier alpha value is -1.43. The highest BCUT2D eigenvalue weighted by molar-refractivity contribution is 9.10. The van der Waals surface area contributed by atoms with Crippen molar-refractivity contribution in [1.29, 1.82) is 0 Å². The summed E-state index contributed by atoms with van der Waals surface area (Å²) in [4.78, 5) is 0. The molecule has 0 aliphatic carbocycles. The van der Waals surface area contributed by atoms with E-state index >= 15 is 0 Å². The number of rotatable bonds is 4. The summed E-state index contributed by atoms with van der Waals surface area (Å²) < 4.78 is 5.95. The summed E-state index contributed by atoms with van der Waals surface area (Å²) in [6.07, 6.45) is 0. The van der Waals surface area contributed by atoms with E-state index in [0.717, 1.165) is 15.9 Å². The first kappa shape index (κ1) is 12.6. The van der Waals surface area contributed by atoms with Gasteiger partial charge in [-0.05, 0) is 41.1 Å². The Morgan fingerprint density at radius 2 is 2.31 bits per heavy atom. The third-order valence-corrected chi connectivity index (χ3v) is 2.71. The van der Waals surface area contributed by atoms with Crippen LogP contribution in [0.25, 0.3) is 0 Å². The smallest absolute Gasteiger partial charge is 0.161 e. The molecule has 0 aromatic heterocycles. The van der Waals surface area contributed by atoms with Gasteiger partial charge < -0.3 is 21.0 Å². The van der Waals surface area contributed by atoms with Crippen LogP contribution in [-0.4, -0.2) is 24.2 Å². The summed E-state index contributed by atoms with van der Waals surface area (Å²) in [5, 5.41) is 14.5. The molecule has 1 unspecified atom stereocenters. The summed E-state index contributed by atoms with van der Waals surface area (Å²) in [5.41, 5.74) is 6.31. The molecule has 0 fully saturated rings. The van der Waals surface area contributed by atoms with Crippen molar-refractivity contribution in [1.82, 2.24) is 0 Å². The van der Waals surface area contributed by atoms with Crippen LogP contribution in [-0.2, 0) is 0 Å². The van der Waals surface area contributed by atoms with Crippen LogP contribution in [0.5, 0.6) is 5.75 Å². The molecule has 5 nitrogen and oxygen atoms in total. The number of nitrogens with zero attached hydrogens (tertiary/aromatic N) is 1. The predicted octanol–water partition coefficient (Wildman–Crippen LogP) is 2.00. The monoisotopic (exact) mass is 287 g/mol. The van der Waals surface area contributed by atoms with Crippen molar-refractivity contribution < 1.29 is 9.94 Å². The number of halogens is 1. The molecule has 0 aliphatic heterocycles. The van der Waals surface area contributed by atoms with Gasteiger partial charge in [-0.3, -0.25) is 0 Å². The first-order valence-electron chi connectivity index (χ1n) is 4.66. The molecule has 0 heterocycles. The maximum Gasteiger partial charge on any atom is 0.161 e. The molecule has 0 spiro atoms. The second-order valence-electron chi connectivity index (χ2n) is 3.24. The molecule has 0 saturated carbocycles. The number of amidine groups is 1. The van der Waals surface area contributed by atoms with E-state index in [1.165, 1.54) is 0 Å². The Labute approximate surface area is 102 Å². The first-order chi connectivity index (χ1) is 7.58. The minimum atomic E-state index is -0.245. The number of nitrogens with one attached hydrogen (secondary N) is 1. The zero-order valence-corrected chi connectivity index (χ0v) is 10.7. The summed E-state index contributed by atoms with van der Waals surface area (Å²) in [7, 11) is 1.60. The molecular formula is C10H14BrN3O2. The van der Waals surface area contributed by atoms with Gasteiger partial charge in [-0.15, -0.1) is 0 Å². The van der Waals surface area contributed by atoms with E-state index in [1.807, 2.05) is 18.2 Å². The number of oxime groups is 1. The third-order valence-electron chi connectivity index (χ3n) is 2.09. The second kappa shape index (κ2) is 5.60. The zero-order chi connectivity index (χ0) is 12.1. The zero-order valence-electron chi connectivity index (χ0n) is 9.07. The molecule has 1 atom stereocenters. The largest absolute Gasteiger partial charge is 0.496 e. The standard InChI is InChI=1S/C10H14BrN3O2/c1-6(10(12)14-15)13-7-3-4-9(16-2)8(11)5-7/h3-6,13,15H,1-2H3,(H2,12,14). The van der Waals surface area contributed by atoms with Crippen molar-refractivity contribution in [3.63, 3.8) is 0 Å². The van der Waals surface area contributed by atoms with Gasteiger partial charge in [-0.25, -0.2) is 0 Å². The highest BCUT2D eigenvalue weighted by atomic mass is 79.9. The molecule has 88 valence electrons. The molecule has 0 radical (unpaired) electrons. The molecule has 0 aliphatic rings. The molecule has 0 bridgehead atoms. The fraction of sp³-hybridized carbons (Fsp3) is 0.300. The van der Waals surface area contributed by atoms with Crippen molar-refractivity contribution in [2.75, 3.05) is 12.4 Å². The van der Waals surface area contributed by atoms with Crippen molar-refractivity contribution in [2.24, 2.45) is 10.9 Å². The molecule has 1 aromatic carbocycles. The lowest BCUT2D eigenvalue weighted by Gasteiger charge is -2.14. The Morgan fingerprint density at radius 1 is 1.62 bits per heavy atom. The second-order valence-corrected chi connectivity index (χ2v) is 4.09. The third kappa shape index (κ3) is 3.03. The Bertz CT molecular complexity index is 396. The Morgan fingerprint density at radius 3 is 2.81 bits per heavy atom. The van der Waals surface area contributed by atoms with E-state index in [-0.39, 0.29) is 11.9 Å². The topological polar surface area (TPSA) is 79.9 Å². The molecule has 16 heavy (non-hydrogen) atoms. The Balaban J connectivity index is 2.79. The number of methoxy groups -OCH3 is 1. The summed E-state index contributed by atoms with van der Waals surface area (Å²) in [5.74, 6) is 0.883. The molecule has 1 rings (SSSR count). The van der Waals surface area contributed by atoms with Crippen LogP contribution >= 0.6 is 15.9 Å². The first-order valence-corrected chi connectivity index (χ1v) is 5.45. The fourth-order valence-corrected chi connectivity index (χ4v) is 1.71. The van der Waals surface area contributed by atoms with E-state index in [1.54, 1.807) is 14.0 Å². The summed E-state index contributed by atoms with van der Waals surface area (Å²) in [6, 6.07) is 5.29. The number of nitrogens with two attached hydrogens (primary N) is 1. The number of hydrogen-bond donors (Lipinski definition) is 3. The van der Waals surface area contributed by atoms with Crippen LogP contribution in [0.4, 0.5) is 5.69 Å². The van der Waals surface area contributed by atoms with E-state index in [0.29, 0.717) is 0 Å². The molecular weight excluding hydrogens is 274 g/mol. The lowest BCUT2D eigenvalue weighted by atomic mass is 10.2. The Kier molecular flexibility index (Phi) is 4.42. The van der Waals surface area contributed by atoms with Gasteiger partial charge in [0.15, 0.2) is 5.84 Å². The van der Waals surface area contributed by atoms with Crippen LogP contribution in [0.15, 0.2) is 27.8 Å². The maximum atomic E-state index is 8.51. The molecule has 0 amide bonds. The van der Waals surface area contributed by atoms with Gasteiger partial charge in [0, 0.05) is 5.69 Å². The predicted molar refractivity (Wildman–Crippen MR) is 67.2 cm³/mol. The quantitative estimate of drug-likeness (QED) is 0.343. The summed E-state index contributed by atoms with van der Waals surface area (Å²) in [6.45, 7) is 1.80. The van der Waals surface area contributed by atoms with Crippen molar-refractivity contribution >= 4 is 27.5 Å². The highest BCUT2D eigenvalue weighted by Crippen LogP contribution is 2.27. The van der Waals surface area contributed by atoms with Crippen molar-refractivity contribution in [3.05, 3.63) is 22.7 Å². The minimum absolute atomic E-state index is 0.131. The van der Waals surface area contributed by atoms with Crippen molar-refractivity contribution in [2.45, 2.75) is 13.0 Å². The van der Waals surface area contributed by atoms with Crippen LogP contribution in [0.3, 0.4) is 0 Å². The lowest BCUT2D eigenvalue weighted by molar-refractivity contribution is 0.316. The van der Waals surface area contributed by atoms with E-state index < -0.39 is 0 Å². The SMILES string of the molecule is COc1ccc(NC(C)C(N)=NO)cc1Br. The van der Waals surface area contributed by atoms with Gasteiger partial charge in [-0.1, -0.05) is 5.16 Å². The normalized spacial score (nSPS) is 13.3. The van der Waals surface area contributed by atoms with Crippen LogP contribution in [0.2, 0.25) is 0 Å². The number of ether oxygens (including phenoxy) is 1. The molecule has 0 saturated heterocycles.